The molecule has 0 aromatic carbocycles. The van der Waals surface area contributed by atoms with E-state index >= 15 is 0 Å². The minimum Gasteiger partial charge on any atom is -0.475 e. The van der Waals surface area contributed by atoms with E-state index in [1.54, 1.807) is 18.3 Å². The quantitative estimate of drug-likeness (QED) is 0.810. The van der Waals surface area contributed by atoms with Crippen molar-refractivity contribution in [1.29, 1.82) is 5.26 Å². The van der Waals surface area contributed by atoms with Gasteiger partial charge in [-0.05, 0) is 18.6 Å². The van der Waals surface area contributed by atoms with Crippen LogP contribution in [0, 0.1) is 17.2 Å². The van der Waals surface area contributed by atoms with Crippen molar-refractivity contribution in [2.75, 3.05) is 5.32 Å². The molecular weight excluding hydrogens is 206 g/mol. The van der Waals surface area contributed by atoms with E-state index in [4.69, 9.17) is 10.00 Å². The molecule has 5 heteroatoms. The molecule has 1 aromatic heterocycles. The predicted molar refractivity (Wildman–Crippen MR) is 56.7 cm³/mol. The fourth-order valence-electron chi connectivity index (χ4n) is 1.60. The van der Waals surface area contributed by atoms with Gasteiger partial charge < -0.3 is 10.1 Å². The summed E-state index contributed by atoms with van der Waals surface area (Å²) < 4.78 is 5.49. The smallest absolute Gasteiger partial charge is 0.268 e. The number of anilines is 1. The lowest BCUT2D eigenvalue weighted by Gasteiger charge is -2.27. The van der Waals surface area contributed by atoms with E-state index in [1.807, 2.05) is 6.92 Å². The molecule has 1 aromatic rings. The molecule has 2 atom stereocenters. The van der Waals surface area contributed by atoms with Crippen LogP contribution < -0.4 is 10.1 Å². The summed E-state index contributed by atoms with van der Waals surface area (Å²) in [5, 5.41) is 11.6. The van der Waals surface area contributed by atoms with Crippen LogP contribution in [-0.2, 0) is 4.79 Å². The van der Waals surface area contributed by atoms with Gasteiger partial charge in [0.1, 0.15) is 0 Å². The van der Waals surface area contributed by atoms with E-state index < -0.39 is 12.0 Å². The van der Waals surface area contributed by atoms with Gasteiger partial charge in [-0.1, -0.05) is 6.92 Å². The van der Waals surface area contributed by atoms with Crippen LogP contribution in [0.15, 0.2) is 18.3 Å². The summed E-state index contributed by atoms with van der Waals surface area (Å²) in [4.78, 5) is 15.7. The standard InChI is InChI=1S/C11H11N3O2/c1-2-7(6-12)9-11(15)14-10-8(16-9)4-3-5-13-10/h3-5,7,9H,2H2,1H3,(H,13,14,15). The Bertz CT molecular complexity index is 453. The zero-order chi connectivity index (χ0) is 11.5. The van der Waals surface area contributed by atoms with Crippen LogP contribution in [0.25, 0.3) is 0 Å². The van der Waals surface area contributed by atoms with Crippen molar-refractivity contribution in [2.45, 2.75) is 19.4 Å². The Labute approximate surface area is 93.1 Å². The van der Waals surface area contributed by atoms with E-state index in [-0.39, 0.29) is 5.91 Å². The molecule has 1 N–H and O–H groups in total. The number of nitrogens with one attached hydrogen (secondary N) is 1. The minimum atomic E-state index is -0.744. The number of fused-ring (bicyclic) bond motifs is 1. The molecule has 2 rings (SSSR count). The Balaban J connectivity index is 2.28. The summed E-state index contributed by atoms with van der Waals surface area (Å²) in [7, 11) is 0. The first-order valence-corrected chi connectivity index (χ1v) is 5.08. The van der Waals surface area contributed by atoms with Gasteiger partial charge in [0, 0.05) is 6.20 Å². The number of pyridine rings is 1. The average molecular weight is 217 g/mol. The summed E-state index contributed by atoms with van der Waals surface area (Å²) in [5.74, 6) is 0.185. The summed E-state index contributed by atoms with van der Waals surface area (Å²) in [6.45, 7) is 1.85. The highest BCUT2D eigenvalue weighted by atomic mass is 16.5. The lowest BCUT2D eigenvalue weighted by atomic mass is 9.99. The number of carbonyl (C=O) groups is 1. The summed E-state index contributed by atoms with van der Waals surface area (Å²) in [6, 6.07) is 5.52. The molecule has 82 valence electrons. The lowest BCUT2D eigenvalue weighted by molar-refractivity contribution is -0.125. The molecule has 2 unspecified atom stereocenters. The van der Waals surface area contributed by atoms with Gasteiger partial charge in [0.15, 0.2) is 17.7 Å². The predicted octanol–water partition coefficient (Wildman–Crippen LogP) is 1.33. The first-order chi connectivity index (χ1) is 7.76. The Morgan fingerprint density at radius 1 is 1.75 bits per heavy atom. The highest BCUT2D eigenvalue weighted by Gasteiger charge is 2.34. The second kappa shape index (κ2) is 4.19. The van der Waals surface area contributed by atoms with Gasteiger partial charge in [-0.25, -0.2) is 4.98 Å². The Kier molecular flexibility index (Phi) is 2.73. The number of hydrogen-bond acceptors (Lipinski definition) is 4. The van der Waals surface area contributed by atoms with Gasteiger partial charge in [0.05, 0.1) is 12.0 Å². The third-order valence-electron chi connectivity index (χ3n) is 2.50. The van der Waals surface area contributed by atoms with Crippen LogP contribution in [-0.4, -0.2) is 17.0 Å². The van der Waals surface area contributed by atoms with Gasteiger partial charge in [-0.15, -0.1) is 0 Å². The van der Waals surface area contributed by atoms with E-state index in [9.17, 15) is 4.79 Å². The number of amides is 1. The number of ether oxygens (including phenoxy) is 1. The molecule has 0 fully saturated rings. The van der Waals surface area contributed by atoms with Crippen LogP contribution in [0.1, 0.15) is 13.3 Å². The molecule has 0 spiro atoms. The van der Waals surface area contributed by atoms with Crippen LogP contribution in [0.5, 0.6) is 5.75 Å². The number of rotatable bonds is 2. The van der Waals surface area contributed by atoms with Crippen molar-refractivity contribution in [3.05, 3.63) is 18.3 Å². The van der Waals surface area contributed by atoms with Crippen LogP contribution in [0.3, 0.4) is 0 Å². The molecule has 5 nitrogen and oxygen atoms in total. The van der Waals surface area contributed by atoms with E-state index in [0.29, 0.717) is 18.0 Å². The van der Waals surface area contributed by atoms with Gasteiger partial charge in [0.2, 0.25) is 0 Å². The molecule has 1 aliphatic heterocycles. The fraction of sp³-hybridized carbons (Fsp3) is 0.364. The normalized spacial score (nSPS) is 20.0. The fourth-order valence-corrected chi connectivity index (χ4v) is 1.60. The van der Waals surface area contributed by atoms with E-state index in [0.717, 1.165) is 0 Å². The molecular formula is C11H11N3O2. The molecule has 0 bridgehead atoms. The van der Waals surface area contributed by atoms with E-state index in [1.165, 1.54) is 0 Å². The van der Waals surface area contributed by atoms with Crippen LogP contribution >= 0.6 is 0 Å². The molecule has 0 saturated heterocycles. The number of carbonyl (C=O) groups excluding carboxylic acids is 1. The second-order valence-electron chi connectivity index (χ2n) is 3.52. The van der Waals surface area contributed by atoms with E-state index in [2.05, 4.69) is 16.4 Å². The minimum absolute atomic E-state index is 0.306. The third kappa shape index (κ3) is 1.70. The first-order valence-electron chi connectivity index (χ1n) is 5.08. The van der Waals surface area contributed by atoms with Crippen molar-refractivity contribution >= 4 is 11.7 Å². The maximum Gasteiger partial charge on any atom is 0.268 e. The number of nitriles is 1. The number of hydrogen-bond donors (Lipinski definition) is 1. The van der Waals surface area contributed by atoms with Crippen molar-refractivity contribution in [3.8, 4) is 11.8 Å². The summed E-state index contributed by atoms with van der Waals surface area (Å²) in [6.07, 6.45) is 1.40. The van der Waals surface area contributed by atoms with Crippen molar-refractivity contribution < 1.29 is 9.53 Å². The Hall–Kier alpha value is -2.09. The van der Waals surface area contributed by atoms with Crippen LogP contribution in [0.2, 0.25) is 0 Å². The largest absolute Gasteiger partial charge is 0.475 e. The molecule has 2 heterocycles. The summed E-state index contributed by atoms with van der Waals surface area (Å²) >= 11 is 0. The van der Waals surface area contributed by atoms with Crippen molar-refractivity contribution in [3.63, 3.8) is 0 Å². The summed E-state index contributed by atoms with van der Waals surface area (Å²) in [5.41, 5.74) is 0. The number of nitrogens with zero attached hydrogens (tertiary/aromatic N) is 2. The van der Waals surface area contributed by atoms with Gasteiger partial charge in [0.25, 0.3) is 5.91 Å². The maximum absolute atomic E-state index is 11.7. The average Bonchev–Trinajstić information content (AvgIpc) is 2.31. The van der Waals surface area contributed by atoms with Gasteiger partial charge in [-0.3, -0.25) is 4.79 Å². The third-order valence-corrected chi connectivity index (χ3v) is 2.50. The Morgan fingerprint density at radius 3 is 3.25 bits per heavy atom. The first kappa shape index (κ1) is 10.4. The lowest BCUT2D eigenvalue weighted by Crippen LogP contribution is -2.42. The molecule has 0 radical (unpaired) electrons. The zero-order valence-electron chi connectivity index (χ0n) is 8.80. The molecule has 1 amide bonds. The monoisotopic (exact) mass is 217 g/mol. The SMILES string of the molecule is CCC(C#N)C1Oc2cccnc2NC1=O. The van der Waals surface area contributed by atoms with Crippen molar-refractivity contribution in [2.24, 2.45) is 5.92 Å². The Morgan fingerprint density at radius 2 is 2.56 bits per heavy atom. The number of aromatic nitrogens is 1. The topological polar surface area (TPSA) is 75.0 Å². The maximum atomic E-state index is 11.7. The molecule has 1 aliphatic rings. The highest BCUT2D eigenvalue weighted by Crippen LogP contribution is 2.29. The second-order valence-corrected chi connectivity index (χ2v) is 3.52. The zero-order valence-corrected chi connectivity index (χ0v) is 8.80. The van der Waals surface area contributed by atoms with Gasteiger partial charge in [-0.2, -0.15) is 5.26 Å². The van der Waals surface area contributed by atoms with Gasteiger partial charge >= 0.3 is 0 Å². The van der Waals surface area contributed by atoms with Crippen LogP contribution in [0.4, 0.5) is 5.82 Å². The van der Waals surface area contributed by atoms with Crippen molar-refractivity contribution in [1.82, 2.24) is 4.98 Å². The molecule has 16 heavy (non-hydrogen) atoms. The molecule has 0 aliphatic carbocycles. The molecule has 0 saturated carbocycles. The highest BCUT2D eigenvalue weighted by molar-refractivity contribution is 5.97.